The maximum atomic E-state index is 13.5. The zero-order valence-electron chi connectivity index (χ0n) is 27.5. The highest BCUT2D eigenvalue weighted by Crippen LogP contribution is 2.46. The molecule has 0 radical (unpaired) electrons. The van der Waals surface area contributed by atoms with E-state index in [1.54, 1.807) is 19.1 Å². The van der Waals surface area contributed by atoms with E-state index in [0.717, 1.165) is 75.2 Å². The third kappa shape index (κ3) is 8.10. The van der Waals surface area contributed by atoms with E-state index >= 15 is 0 Å². The second kappa shape index (κ2) is 15.0. The van der Waals surface area contributed by atoms with Crippen molar-refractivity contribution in [1.29, 1.82) is 0 Å². The minimum Gasteiger partial charge on any atom is -0.491 e. The molecule has 9 nitrogen and oxygen atoms in total. The van der Waals surface area contributed by atoms with Crippen LogP contribution in [0.15, 0.2) is 36.4 Å². The first kappa shape index (κ1) is 34.5. The second-order valence-corrected chi connectivity index (χ2v) is 16.5. The molecule has 1 saturated carbocycles. The average molecular weight is 689 g/mol. The predicted molar refractivity (Wildman–Crippen MR) is 183 cm³/mol. The van der Waals surface area contributed by atoms with Crippen LogP contribution >= 0.6 is 11.6 Å². The van der Waals surface area contributed by atoms with Crippen LogP contribution < -0.4 is 14.4 Å². The molecule has 1 aliphatic carbocycles. The molecule has 11 heteroatoms. The van der Waals surface area contributed by atoms with E-state index in [0.29, 0.717) is 36.2 Å². The molecule has 0 aromatic heterocycles. The summed E-state index contributed by atoms with van der Waals surface area (Å²) in [6.45, 7) is 6.15. The molecule has 4 aliphatic rings. The Morgan fingerprint density at radius 1 is 0.915 bits per heavy atom. The maximum absolute atomic E-state index is 13.5. The van der Waals surface area contributed by atoms with Gasteiger partial charge in [-0.25, -0.2) is 13.1 Å². The number of anilines is 1. The van der Waals surface area contributed by atoms with Gasteiger partial charge in [0, 0.05) is 36.0 Å². The van der Waals surface area contributed by atoms with Crippen molar-refractivity contribution in [2.75, 3.05) is 37.8 Å². The molecule has 2 aromatic rings. The van der Waals surface area contributed by atoms with Crippen LogP contribution in [0.4, 0.5) is 5.69 Å². The van der Waals surface area contributed by atoms with Gasteiger partial charge in [-0.3, -0.25) is 4.79 Å². The highest BCUT2D eigenvalue weighted by molar-refractivity contribution is 7.90. The van der Waals surface area contributed by atoms with E-state index in [9.17, 15) is 18.3 Å². The number of carbonyl (C=O) groups is 1. The zero-order chi connectivity index (χ0) is 33.1. The Kier molecular flexibility index (Phi) is 11.0. The number of benzene rings is 2. The van der Waals surface area contributed by atoms with Gasteiger partial charge in [-0.15, -0.1) is 0 Å². The first-order valence-electron chi connectivity index (χ1n) is 17.4. The molecule has 2 aromatic carbocycles. The number of halogens is 1. The highest BCUT2D eigenvalue weighted by atomic mass is 35.5. The number of aliphatic hydroxyl groups is 1. The standard InChI is InChI=1S/C36H49ClN2O7S/c1-23-6-5-8-32(36-45-21-30(40)22-46-36)31-13-10-28(31)20-39-16-4-3-7-26-18-29(37)12-9-25(26)15-17-44-34-14-11-27(19-33(34)39)35(41)38-47(42,43)24(23)2/h9,11-12,14,18-19,23-24,28,30-32,36,40H,3-8,10,13,15-17,20-22H2,1-2H3,(H,38,41)/t23-,24+,28-,30?,31+,32+,36?/m0/s1. The van der Waals surface area contributed by atoms with E-state index in [2.05, 4.69) is 21.8 Å². The Balaban J connectivity index is 1.35. The highest BCUT2D eigenvalue weighted by Gasteiger charge is 2.43. The summed E-state index contributed by atoms with van der Waals surface area (Å²) in [4.78, 5) is 15.8. The lowest BCUT2D eigenvalue weighted by Crippen LogP contribution is -2.48. The molecule has 2 N–H and O–H groups in total. The van der Waals surface area contributed by atoms with Gasteiger partial charge in [0.15, 0.2) is 6.29 Å². The minimum atomic E-state index is -3.91. The van der Waals surface area contributed by atoms with Gasteiger partial charge in [0.1, 0.15) is 11.9 Å². The first-order chi connectivity index (χ1) is 22.6. The molecular formula is C36H49ClN2O7S. The number of carbonyl (C=O) groups excluding carboxylic acids is 1. The Labute approximate surface area is 284 Å². The number of amides is 1. The lowest BCUT2D eigenvalue weighted by molar-refractivity contribution is -0.252. The predicted octanol–water partition coefficient (Wildman–Crippen LogP) is 5.75. The summed E-state index contributed by atoms with van der Waals surface area (Å²) < 4.78 is 47.7. The second-order valence-electron chi connectivity index (χ2n) is 14.0. The number of ether oxygens (including phenoxy) is 3. The van der Waals surface area contributed by atoms with Gasteiger partial charge in [-0.05, 0) is 111 Å². The first-order valence-corrected chi connectivity index (χ1v) is 19.3. The van der Waals surface area contributed by atoms with E-state index in [4.69, 9.17) is 25.8 Å². The number of aryl methyl sites for hydroxylation is 1. The van der Waals surface area contributed by atoms with Crippen molar-refractivity contribution in [3.63, 3.8) is 0 Å². The lowest BCUT2D eigenvalue weighted by Gasteiger charge is -2.47. The van der Waals surface area contributed by atoms with Crippen LogP contribution in [-0.2, 0) is 32.3 Å². The number of rotatable bonds is 1. The monoisotopic (exact) mass is 688 g/mol. The molecule has 3 heterocycles. The third-order valence-corrected chi connectivity index (χ3v) is 13.1. The minimum absolute atomic E-state index is 0.142. The number of nitrogens with zero attached hydrogens (tertiary/aromatic N) is 1. The van der Waals surface area contributed by atoms with Crippen molar-refractivity contribution in [3.8, 4) is 5.75 Å². The Hall–Kier alpha value is -2.37. The molecule has 0 spiro atoms. The fraction of sp³-hybridized carbons (Fsp3) is 0.639. The van der Waals surface area contributed by atoms with E-state index in [1.807, 2.05) is 19.1 Å². The molecule has 5 atom stereocenters. The Morgan fingerprint density at radius 2 is 1.72 bits per heavy atom. The number of fused-ring (bicyclic) bond motifs is 3. The summed E-state index contributed by atoms with van der Waals surface area (Å²) in [5, 5.41) is 10.0. The number of hydrogen-bond acceptors (Lipinski definition) is 8. The van der Waals surface area contributed by atoms with Crippen molar-refractivity contribution < 1.29 is 32.5 Å². The van der Waals surface area contributed by atoms with Crippen molar-refractivity contribution in [2.24, 2.45) is 23.7 Å². The van der Waals surface area contributed by atoms with Gasteiger partial charge < -0.3 is 24.2 Å². The molecule has 3 aliphatic heterocycles. The molecule has 6 rings (SSSR count). The number of hydrogen-bond donors (Lipinski definition) is 2. The van der Waals surface area contributed by atoms with E-state index in [1.165, 1.54) is 11.1 Å². The number of aliphatic hydroxyl groups excluding tert-OH is 1. The van der Waals surface area contributed by atoms with Gasteiger partial charge >= 0.3 is 0 Å². The maximum Gasteiger partial charge on any atom is 0.264 e. The van der Waals surface area contributed by atoms with E-state index in [-0.39, 0.29) is 31.3 Å². The lowest BCUT2D eigenvalue weighted by atomic mass is 9.65. The molecular weight excluding hydrogens is 640 g/mol. The van der Waals surface area contributed by atoms with Gasteiger partial charge in [0.2, 0.25) is 10.0 Å². The quantitative estimate of drug-likeness (QED) is 0.390. The summed E-state index contributed by atoms with van der Waals surface area (Å²) in [5.41, 5.74) is 3.59. The number of sulfonamides is 1. The Bertz CT molecular complexity index is 1510. The summed E-state index contributed by atoms with van der Waals surface area (Å²) in [6, 6.07) is 11.3. The summed E-state index contributed by atoms with van der Waals surface area (Å²) in [6.07, 6.45) is 7.08. The summed E-state index contributed by atoms with van der Waals surface area (Å²) >= 11 is 6.37. The van der Waals surface area contributed by atoms with Gasteiger partial charge in [-0.1, -0.05) is 31.0 Å². The molecule has 0 unspecified atom stereocenters. The van der Waals surface area contributed by atoms with E-state index < -0.39 is 27.3 Å². The van der Waals surface area contributed by atoms with Crippen LogP contribution in [-0.4, -0.2) is 70.0 Å². The third-order valence-electron chi connectivity index (χ3n) is 10.9. The molecule has 258 valence electrons. The van der Waals surface area contributed by atoms with Crippen LogP contribution in [0.1, 0.15) is 80.3 Å². The average Bonchev–Trinajstić information content (AvgIpc) is 3.03. The summed E-state index contributed by atoms with van der Waals surface area (Å²) in [5.74, 6) is 0.814. The van der Waals surface area contributed by atoms with Crippen molar-refractivity contribution in [1.82, 2.24) is 4.72 Å². The smallest absolute Gasteiger partial charge is 0.264 e. The molecule has 1 saturated heterocycles. The summed E-state index contributed by atoms with van der Waals surface area (Å²) in [7, 11) is -3.91. The van der Waals surface area contributed by atoms with Crippen molar-refractivity contribution in [3.05, 3.63) is 58.1 Å². The fourth-order valence-corrected chi connectivity index (χ4v) is 9.28. The van der Waals surface area contributed by atoms with Gasteiger partial charge in [0.05, 0.1) is 30.8 Å². The van der Waals surface area contributed by atoms with Crippen LogP contribution in [0.25, 0.3) is 0 Å². The Morgan fingerprint density at radius 3 is 2.49 bits per heavy atom. The normalized spacial score (nSPS) is 32.2. The SMILES string of the molecule is C[C@@H]1[C@@H](C)CCC[C@@H](C2OCC(O)CO2)[C@@H]2CC[C@H]2CN2CCCCc3cc(Cl)ccc3CCOc3ccc(cc32)C(=O)NS1(=O)=O. The van der Waals surface area contributed by atoms with Crippen LogP contribution in [0.2, 0.25) is 5.02 Å². The fourth-order valence-electron chi connectivity index (χ4n) is 7.77. The topological polar surface area (TPSA) is 114 Å². The van der Waals surface area contributed by atoms with Crippen LogP contribution in [0.3, 0.4) is 0 Å². The van der Waals surface area contributed by atoms with Crippen LogP contribution in [0.5, 0.6) is 5.75 Å². The molecule has 2 bridgehead atoms. The van der Waals surface area contributed by atoms with Crippen LogP contribution in [0, 0.1) is 23.7 Å². The van der Waals surface area contributed by atoms with Gasteiger partial charge in [-0.2, -0.15) is 0 Å². The molecule has 2 fully saturated rings. The van der Waals surface area contributed by atoms with Crippen molar-refractivity contribution in [2.45, 2.75) is 89.3 Å². The van der Waals surface area contributed by atoms with Gasteiger partial charge in [0.25, 0.3) is 5.91 Å². The molecule has 47 heavy (non-hydrogen) atoms. The molecule has 1 amide bonds. The zero-order valence-corrected chi connectivity index (χ0v) is 29.1. The van der Waals surface area contributed by atoms with Crippen molar-refractivity contribution >= 4 is 33.2 Å². The number of nitrogens with one attached hydrogen (secondary N) is 1. The largest absolute Gasteiger partial charge is 0.491 e.